The Hall–Kier alpha value is -1.74. The fourth-order valence-corrected chi connectivity index (χ4v) is 2.84. The van der Waals surface area contributed by atoms with Gasteiger partial charge in [0, 0.05) is 12.4 Å². The molecule has 0 spiro atoms. The lowest BCUT2D eigenvalue weighted by Gasteiger charge is -2.27. The van der Waals surface area contributed by atoms with Crippen molar-refractivity contribution in [3.63, 3.8) is 0 Å². The lowest BCUT2D eigenvalue weighted by atomic mass is 9.79. The summed E-state index contributed by atoms with van der Waals surface area (Å²) in [7, 11) is 0. The zero-order valence-corrected chi connectivity index (χ0v) is 12.6. The second kappa shape index (κ2) is 6.81. The van der Waals surface area contributed by atoms with Gasteiger partial charge in [0.25, 0.3) is 0 Å². The molecule has 1 aromatic heterocycles. The highest BCUT2D eigenvalue weighted by Crippen LogP contribution is 2.37. The Labute approximate surface area is 126 Å². The summed E-state index contributed by atoms with van der Waals surface area (Å²) < 4.78 is 0. The molecule has 1 saturated carbocycles. The SMILES string of the molecule is CCCNC(c1cccc(C2CCC2)c1)c1ncccn1. The summed E-state index contributed by atoms with van der Waals surface area (Å²) in [5.41, 5.74) is 2.75. The predicted octanol–water partition coefficient (Wildman–Crippen LogP) is 3.83. The smallest absolute Gasteiger partial charge is 0.149 e. The fraction of sp³-hybridized carbons (Fsp3) is 0.444. The molecule has 0 radical (unpaired) electrons. The van der Waals surface area contributed by atoms with Crippen LogP contribution in [0.3, 0.4) is 0 Å². The molecule has 0 amide bonds. The summed E-state index contributed by atoms with van der Waals surface area (Å²) in [6.45, 7) is 3.15. The third kappa shape index (κ3) is 3.30. The molecule has 1 unspecified atom stereocenters. The van der Waals surface area contributed by atoms with Crippen LogP contribution in [-0.2, 0) is 0 Å². The Bertz CT molecular complexity index is 564. The second-order valence-electron chi connectivity index (χ2n) is 5.79. The molecule has 110 valence electrons. The van der Waals surface area contributed by atoms with E-state index >= 15 is 0 Å². The van der Waals surface area contributed by atoms with E-state index in [1.165, 1.54) is 30.4 Å². The number of aromatic nitrogens is 2. The van der Waals surface area contributed by atoms with Crippen LogP contribution in [0.25, 0.3) is 0 Å². The van der Waals surface area contributed by atoms with E-state index in [9.17, 15) is 0 Å². The van der Waals surface area contributed by atoms with Crippen LogP contribution >= 0.6 is 0 Å². The molecule has 1 aliphatic carbocycles. The molecule has 1 N–H and O–H groups in total. The highest BCUT2D eigenvalue weighted by Gasteiger charge is 2.22. The number of nitrogens with one attached hydrogen (secondary N) is 1. The van der Waals surface area contributed by atoms with E-state index in [-0.39, 0.29) is 6.04 Å². The Morgan fingerprint density at radius 2 is 2.00 bits per heavy atom. The van der Waals surface area contributed by atoms with Gasteiger partial charge < -0.3 is 5.32 Å². The third-order valence-corrected chi connectivity index (χ3v) is 4.26. The normalized spacial score (nSPS) is 16.4. The summed E-state index contributed by atoms with van der Waals surface area (Å²) in [6, 6.07) is 10.9. The number of benzene rings is 1. The first kappa shape index (κ1) is 14.2. The van der Waals surface area contributed by atoms with Crippen molar-refractivity contribution < 1.29 is 0 Å². The highest BCUT2D eigenvalue weighted by atomic mass is 15.0. The van der Waals surface area contributed by atoms with Gasteiger partial charge in [-0.3, -0.25) is 0 Å². The Morgan fingerprint density at radius 3 is 2.67 bits per heavy atom. The molecule has 0 aliphatic heterocycles. The molecule has 1 aromatic carbocycles. The van der Waals surface area contributed by atoms with E-state index < -0.39 is 0 Å². The van der Waals surface area contributed by atoms with E-state index in [0.29, 0.717) is 0 Å². The zero-order chi connectivity index (χ0) is 14.5. The van der Waals surface area contributed by atoms with E-state index in [1.807, 2.05) is 18.5 Å². The van der Waals surface area contributed by atoms with Crippen LogP contribution in [-0.4, -0.2) is 16.5 Å². The number of rotatable bonds is 6. The van der Waals surface area contributed by atoms with E-state index in [2.05, 4.69) is 46.5 Å². The van der Waals surface area contributed by atoms with Crippen molar-refractivity contribution in [3.05, 3.63) is 59.7 Å². The maximum Gasteiger partial charge on any atom is 0.149 e. The van der Waals surface area contributed by atoms with E-state index in [1.54, 1.807) is 0 Å². The summed E-state index contributed by atoms with van der Waals surface area (Å²) in [6.07, 6.45) is 8.77. The van der Waals surface area contributed by atoms with Crippen LogP contribution in [0.5, 0.6) is 0 Å². The molecule has 0 saturated heterocycles. The first-order valence-electron chi connectivity index (χ1n) is 7.98. The molecule has 21 heavy (non-hydrogen) atoms. The highest BCUT2D eigenvalue weighted by molar-refractivity contribution is 5.32. The maximum absolute atomic E-state index is 4.44. The minimum Gasteiger partial charge on any atom is -0.304 e. The summed E-state index contributed by atoms with van der Waals surface area (Å²) in [5, 5.41) is 3.58. The average molecular weight is 281 g/mol. The van der Waals surface area contributed by atoms with Crippen molar-refractivity contribution in [2.45, 2.75) is 44.6 Å². The predicted molar refractivity (Wildman–Crippen MR) is 85.2 cm³/mol. The Kier molecular flexibility index (Phi) is 4.61. The second-order valence-corrected chi connectivity index (χ2v) is 5.79. The molecule has 1 aliphatic rings. The van der Waals surface area contributed by atoms with Gasteiger partial charge in [0.05, 0.1) is 6.04 Å². The van der Waals surface area contributed by atoms with Gasteiger partial charge in [-0.25, -0.2) is 9.97 Å². The van der Waals surface area contributed by atoms with Gasteiger partial charge in [0.15, 0.2) is 0 Å². The van der Waals surface area contributed by atoms with Crippen LogP contribution in [0.1, 0.15) is 61.5 Å². The van der Waals surface area contributed by atoms with Crippen molar-refractivity contribution in [1.82, 2.24) is 15.3 Å². The molecule has 1 fully saturated rings. The van der Waals surface area contributed by atoms with Gasteiger partial charge in [0.1, 0.15) is 5.82 Å². The number of nitrogens with zero attached hydrogens (tertiary/aromatic N) is 2. The molecule has 1 atom stereocenters. The van der Waals surface area contributed by atoms with Crippen LogP contribution in [0.4, 0.5) is 0 Å². The first-order valence-corrected chi connectivity index (χ1v) is 7.98. The lowest BCUT2D eigenvalue weighted by Crippen LogP contribution is -2.25. The van der Waals surface area contributed by atoms with Gasteiger partial charge in [-0.05, 0) is 48.9 Å². The van der Waals surface area contributed by atoms with Crippen LogP contribution < -0.4 is 5.32 Å². The Balaban J connectivity index is 1.88. The molecule has 3 heteroatoms. The summed E-state index contributed by atoms with van der Waals surface area (Å²) >= 11 is 0. The molecule has 0 bridgehead atoms. The monoisotopic (exact) mass is 281 g/mol. The largest absolute Gasteiger partial charge is 0.304 e. The van der Waals surface area contributed by atoms with Crippen LogP contribution in [0.2, 0.25) is 0 Å². The quantitative estimate of drug-likeness (QED) is 0.874. The molecule has 2 aromatic rings. The molecule has 1 heterocycles. The van der Waals surface area contributed by atoms with Gasteiger partial charge in [0.2, 0.25) is 0 Å². The topological polar surface area (TPSA) is 37.8 Å². The van der Waals surface area contributed by atoms with Crippen molar-refractivity contribution in [2.24, 2.45) is 0 Å². The fourth-order valence-electron chi connectivity index (χ4n) is 2.84. The first-order chi connectivity index (χ1) is 10.4. The molecule has 3 nitrogen and oxygen atoms in total. The van der Waals surface area contributed by atoms with Crippen LogP contribution in [0.15, 0.2) is 42.7 Å². The van der Waals surface area contributed by atoms with Crippen molar-refractivity contribution in [3.8, 4) is 0 Å². The van der Waals surface area contributed by atoms with E-state index in [4.69, 9.17) is 0 Å². The zero-order valence-electron chi connectivity index (χ0n) is 12.6. The summed E-state index contributed by atoms with van der Waals surface area (Å²) in [5.74, 6) is 1.62. The van der Waals surface area contributed by atoms with Gasteiger partial charge in [-0.2, -0.15) is 0 Å². The van der Waals surface area contributed by atoms with Gasteiger partial charge in [-0.15, -0.1) is 0 Å². The molecular formula is C18H23N3. The minimum absolute atomic E-state index is 0.0891. The van der Waals surface area contributed by atoms with Gasteiger partial charge >= 0.3 is 0 Å². The number of hydrogen-bond acceptors (Lipinski definition) is 3. The maximum atomic E-state index is 4.44. The van der Waals surface area contributed by atoms with Crippen molar-refractivity contribution >= 4 is 0 Å². The molecular weight excluding hydrogens is 258 g/mol. The van der Waals surface area contributed by atoms with Crippen molar-refractivity contribution in [2.75, 3.05) is 6.54 Å². The average Bonchev–Trinajstić information content (AvgIpc) is 2.47. The summed E-state index contributed by atoms with van der Waals surface area (Å²) in [4.78, 5) is 8.89. The standard InChI is InChI=1S/C18H23N3/c1-2-10-19-17(18-20-11-5-12-21-18)16-9-4-8-15(13-16)14-6-3-7-14/h4-5,8-9,11-14,17,19H,2-3,6-7,10H2,1H3. The van der Waals surface area contributed by atoms with E-state index in [0.717, 1.165) is 24.7 Å². The van der Waals surface area contributed by atoms with Crippen molar-refractivity contribution in [1.29, 1.82) is 0 Å². The van der Waals surface area contributed by atoms with Gasteiger partial charge in [-0.1, -0.05) is 37.6 Å². The van der Waals surface area contributed by atoms with Crippen LogP contribution in [0, 0.1) is 0 Å². The lowest BCUT2D eigenvalue weighted by molar-refractivity contribution is 0.419. The third-order valence-electron chi connectivity index (χ3n) is 4.26. The minimum atomic E-state index is 0.0891. The number of hydrogen-bond donors (Lipinski definition) is 1. The molecule has 3 rings (SSSR count). The Morgan fingerprint density at radius 1 is 1.19 bits per heavy atom.